The number of hydrogen-bond acceptors (Lipinski definition) is 2. The molecule has 0 spiro atoms. The third kappa shape index (κ3) is 2.84. The zero-order valence-electron chi connectivity index (χ0n) is 12.4. The van der Waals surface area contributed by atoms with E-state index in [0.29, 0.717) is 11.3 Å². The van der Waals surface area contributed by atoms with Gasteiger partial charge < -0.3 is 4.74 Å². The fourth-order valence-corrected chi connectivity index (χ4v) is 2.45. The number of carbonyl (C=O) groups excluding carboxylic acids is 1. The Balaban J connectivity index is 1.96. The van der Waals surface area contributed by atoms with E-state index in [1.54, 1.807) is 24.3 Å². The average Bonchev–Trinajstić information content (AvgIpc) is 2.82. The molecule has 0 N–H and O–H groups in total. The van der Waals surface area contributed by atoms with Crippen LogP contribution in [0.15, 0.2) is 54.1 Å². The van der Waals surface area contributed by atoms with Gasteiger partial charge in [0.05, 0.1) is 5.57 Å². The summed E-state index contributed by atoms with van der Waals surface area (Å²) in [6.45, 7) is 4.00. The Morgan fingerprint density at radius 1 is 1.05 bits per heavy atom. The molecule has 0 atom stereocenters. The average molecular weight is 294 g/mol. The van der Waals surface area contributed by atoms with Gasteiger partial charge in [-0.2, -0.15) is 0 Å². The summed E-state index contributed by atoms with van der Waals surface area (Å²) in [5, 5.41) is 0. The highest BCUT2D eigenvalue weighted by atomic mass is 19.1. The number of cyclic esters (lactones) is 1. The van der Waals surface area contributed by atoms with Gasteiger partial charge in [0, 0.05) is 5.56 Å². The Morgan fingerprint density at radius 2 is 1.77 bits per heavy atom. The molecule has 2 aromatic rings. The van der Waals surface area contributed by atoms with Crippen LogP contribution in [0.1, 0.15) is 22.3 Å². The highest BCUT2D eigenvalue weighted by Crippen LogP contribution is 2.29. The third-order valence-corrected chi connectivity index (χ3v) is 3.56. The molecule has 0 bridgehead atoms. The summed E-state index contributed by atoms with van der Waals surface area (Å²) < 4.78 is 18.3. The summed E-state index contributed by atoms with van der Waals surface area (Å²) in [7, 11) is 0. The quantitative estimate of drug-likeness (QED) is 0.605. The van der Waals surface area contributed by atoms with E-state index in [0.717, 1.165) is 22.3 Å². The van der Waals surface area contributed by atoms with Crippen molar-refractivity contribution in [3.8, 4) is 0 Å². The molecule has 2 aromatic carbocycles. The van der Waals surface area contributed by atoms with Gasteiger partial charge in [0.1, 0.15) is 11.6 Å². The van der Waals surface area contributed by atoms with Crippen molar-refractivity contribution in [2.24, 2.45) is 0 Å². The lowest BCUT2D eigenvalue weighted by Gasteiger charge is -2.06. The van der Waals surface area contributed by atoms with Crippen molar-refractivity contribution in [3.63, 3.8) is 0 Å². The van der Waals surface area contributed by atoms with Crippen LogP contribution in [0.2, 0.25) is 0 Å². The van der Waals surface area contributed by atoms with Crippen molar-refractivity contribution < 1.29 is 13.9 Å². The minimum Gasteiger partial charge on any atom is -0.422 e. The third-order valence-electron chi connectivity index (χ3n) is 3.56. The maximum atomic E-state index is 12.9. The maximum absolute atomic E-state index is 12.9. The van der Waals surface area contributed by atoms with E-state index in [4.69, 9.17) is 4.74 Å². The Kier molecular flexibility index (Phi) is 3.63. The lowest BCUT2D eigenvalue weighted by Crippen LogP contribution is -1.98. The van der Waals surface area contributed by atoms with Gasteiger partial charge in [0.2, 0.25) is 0 Å². The van der Waals surface area contributed by atoms with Gasteiger partial charge in [-0.15, -0.1) is 0 Å². The van der Waals surface area contributed by atoms with Gasteiger partial charge in [-0.3, -0.25) is 0 Å². The molecular formula is C19H15FO2. The predicted molar refractivity (Wildman–Crippen MR) is 84.4 cm³/mol. The number of aryl methyl sites for hydroxylation is 2. The Hall–Kier alpha value is -2.68. The molecule has 22 heavy (non-hydrogen) atoms. The number of esters is 1. The number of rotatable bonds is 2. The van der Waals surface area contributed by atoms with Crippen molar-refractivity contribution in [2.45, 2.75) is 13.8 Å². The molecule has 0 aliphatic carbocycles. The van der Waals surface area contributed by atoms with E-state index in [-0.39, 0.29) is 11.8 Å². The van der Waals surface area contributed by atoms with E-state index in [1.807, 2.05) is 32.0 Å². The van der Waals surface area contributed by atoms with Crippen LogP contribution in [-0.2, 0) is 9.53 Å². The molecule has 0 amide bonds. The molecule has 110 valence electrons. The van der Waals surface area contributed by atoms with Crippen molar-refractivity contribution in [1.82, 2.24) is 0 Å². The molecular weight excluding hydrogens is 279 g/mol. The normalized spacial score (nSPS) is 15.9. The molecule has 2 nitrogen and oxygen atoms in total. The summed E-state index contributed by atoms with van der Waals surface area (Å²) in [6, 6.07) is 12.0. The molecule has 0 saturated carbocycles. The van der Waals surface area contributed by atoms with Crippen LogP contribution in [0.3, 0.4) is 0 Å². The van der Waals surface area contributed by atoms with Crippen LogP contribution in [0, 0.1) is 19.7 Å². The lowest BCUT2D eigenvalue weighted by atomic mass is 10.0. The smallest absolute Gasteiger partial charge is 0.343 e. The summed E-state index contributed by atoms with van der Waals surface area (Å²) in [4.78, 5) is 12.0. The molecule has 0 aromatic heterocycles. The lowest BCUT2D eigenvalue weighted by molar-refractivity contribution is -0.130. The van der Waals surface area contributed by atoms with Crippen LogP contribution in [0.5, 0.6) is 0 Å². The van der Waals surface area contributed by atoms with Crippen molar-refractivity contribution in [3.05, 3.63) is 82.2 Å². The first-order valence-corrected chi connectivity index (χ1v) is 7.02. The first-order chi connectivity index (χ1) is 10.5. The summed E-state index contributed by atoms with van der Waals surface area (Å²) in [6.07, 6.45) is 3.42. The van der Waals surface area contributed by atoms with Gasteiger partial charge in [-0.25, -0.2) is 9.18 Å². The van der Waals surface area contributed by atoms with Gasteiger partial charge in [-0.05, 0) is 49.3 Å². The fourth-order valence-electron chi connectivity index (χ4n) is 2.45. The summed E-state index contributed by atoms with van der Waals surface area (Å²) in [5.74, 6) is -0.141. The Morgan fingerprint density at radius 3 is 2.45 bits per heavy atom. The van der Waals surface area contributed by atoms with Gasteiger partial charge in [0.15, 0.2) is 0 Å². The van der Waals surface area contributed by atoms with Crippen LogP contribution in [0.25, 0.3) is 11.8 Å². The van der Waals surface area contributed by atoms with Gasteiger partial charge in [-0.1, -0.05) is 35.9 Å². The maximum Gasteiger partial charge on any atom is 0.343 e. The van der Waals surface area contributed by atoms with Crippen molar-refractivity contribution in [2.75, 3.05) is 0 Å². The number of ether oxygens (including phenoxy) is 1. The minimum atomic E-state index is -0.390. The second-order valence-electron chi connectivity index (χ2n) is 5.37. The molecule has 1 aliphatic heterocycles. The second-order valence-corrected chi connectivity index (χ2v) is 5.37. The molecule has 1 heterocycles. The minimum absolute atomic E-state index is 0.303. The topological polar surface area (TPSA) is 26.3 Å². The highest BCUT2D eigenvalue weighted by Gasteiger charge is 2.22. The monoisotopic (exact) mass is 294 g/mol. The summed E-state index contributed by atoms with van der Waals surface area (Å²) in [5.41, 5.74) is 4.34. The van der Waals surface area contributed by atoms with E-state index < -0.39 is 0 Å². The van der Waals surface area contributed by atoms with Crippen LogP contribution < -0.4 is 0 Å². The zero-order valence-corrected chi connectivity index (χ0v) is 12.4. The van der Waals surface area contributed by atoms with E-state index in [2.05, 4.69) is 0 Å². The summed E-state index contributed by atoms with van der Waals surface area (Å²) >= 11 is 0. The Labute approximate surface area is 128 Å². The molecule has 0 fully saturated rings. The SMILES string of the molecule is Cc1ccc(C2=CC(=Cc3ccc(F)cc3)C(=O)O2)c(C)c1. The van der Waals surface area contributed by atoms with Crippen molar-refractivity contribution >= 4 is 17.8 Å². The highest BCUT2D eigenvalue weighted by molar-refractivity contribution is 6.05. The molecule has 3 heteroatoms. The first kappa shape index (κ1) is 14.3. The zero-order chi connectivity index (χ0) is 15.7. The van der Waals surface area contributed by atoms with Crippen LogP contribution in [-0.4, -0.2) is 5.97 Å². The van der Waals surface area contributed by atoms with Crippen molar-refractivity contribution in [1.29, 1.82) is 0 Å². The standard InChI is InChI=1S/C19H15FO2/c1-12-3-8-17(13(2)9-12)18-11-15(19(21)22-18)10-14-4-6-16(20)7-5-14/h3-11H,1-2H3. The number of hydrogen-bond donors (Lipinski definition) is 0. The molecule has 0 unspecified atom stereocenters. The predicted octanol–water partition coefficient (Wildman–Crippen LogP) is 4.42. The largest absolute Gasteiger partial charge is 0.422 e. The molecule has 0 saturated heterocycles. The molecule has 3 rings (SSSR count). The van der Waals surface area contributed by atoms with Gasteiger partial charge >= 0.3 is 5.97 Å². The van der Waals surface area contributed by atoms with Crippen LogP contribution in [0.4, 0.5) is 4.39 Å². The van der Waals surface area contributed by atoms with Crippen LogP contribution >= 0.6 is 0 Å². The van der Waals surface area contributed by atoms with E-state index in [9.17, 15) is 9.18 Å². The molecule has 0 radical (unpaired) electrons. The first-order valence-electron chi connectivity index (χ1n) is 7.02. The molecule has 1 aliphatic rings. The number of benzene rings is 2. The van der Waals surface area contributed by atoms with Gasteiger partial charge in [0.25, 0.3) is 0 Å². The number of carbonyl (C=O) groups is 1. The van der Waals surface area contributed by atoms with E-state index >= 15 is 0 Å². The second kappa shape index (κ2) is 5.60. The van der Waals surface area contributed by atoms with E-state index in [1.165, 1.54) is 12.1 Å². The number of halogens is 1. The fraction of sp³-hybridized carbons (Fsp3) is 0.105. The Bertz CT molecular complexity index is 799.